The number of anilines is 4. The molecule has 0 saturated carbocycles. The first-order chi connectivity index (χ1) is 17.5. The van der Waals surface area contributed by atoms with E-state index in [4.69, 9.17) is 20.9 Å². The Hall–Kier alpha value is -2.99. The summed E-state index contributed by atoms with van der Waals surface area (Å²) in [7, 11) is -2.54. The van der Waals surface area contributed by atoms with Crippen LogP contribution in [0.2, 0.25) is 5.02 Å². The molecule has 0 bridgehead atoms. The Morgan fingerprint density at radius 2 is 1.92 bits per heavy atom. The van der Waals surface area contributed by atoms with Crippen LogP contribution in [0.4, 0.5) is 27.0 Å². The number of hydrogen-bond donors (Lipinski definition) is 2. The number of benzene rings is 1. The average molecular weight is 571 g/mol. The van der Waals surface area contributed by atoms with Gasteiger partial charge in [-0.15, -0.1) is 0 Å². The van der Waals surface area contributed by atoms with E-state index in [-0.39, 0.29) is 22.7 Å². The molecule has 1 aliphatic heterocycles. The third-order valence-electron chi connectivity index (χ3n) is 5.26. The van der Waals surface area contributed by atoms with E-state index in [0.717, 1.165) is 19.5 Å². The molecule has 198 valence electrons. The Kier molecular flexibility index (Phi) is 8.17. The Morgan fingerprint density at radius 3 is 2.62 bits per heavy atom. The molecular formula is C22H25ClFN6O5PS. The van der Waals surface area contributed by atoms with Crippen molar-refractivity contribution in [2.24, 2.45) is 0 Å². The van der Waals surface area contributed by atoms with Crippen molar-refractivity contribution in [1.82, 2.24) is 19.9 Å². The number of pyridine rings is 1. The second-order valence-corrected chi connectivity index (χ2v) is 11.5. The summed E-state index contributed by atoms with van der Waals surface area (Å²) in [4.78, 5) is 14.9. The smallest absolute Gasteiger partial charge is 0.490 e. The van der Waals surface area contributed by atoms with E-state index in [1.807, 2.05) is 25.5 Å². The zero-order chi connectivity index (χ0) is 26.7. The highest BCUT2D eigenvalue weighted by Crippen LogP contribution is 2.38. The number of likely N-dealkylation sites (N-methyl/N-ethyl adjacent to an activating group) is 1. The number of halogens is 2. The van der Waals surface area contributed by atoms with Crippen LogP contribution in [0.1, 0.15) is 11.1 Å². The van der Waals surface area contributed by atoms with Crippen molar-refractivity contribution in [2.45, 2.75) is 13.0 Å². The van der Waals surface area contributed by atoms with Crippen LogP contribution >= 0.6 is 19.7 Å². The molecule has 4 rings (SSSR count). The average Bonchev–Trinajstić information content (AvgIpc) is 2.81. The Balaban J connectivity index is 1.62. The topological polar surface area (TPSA) is 128 Å². The number of rotatable bonds is 9. The zero-order valence-corrected chi connectivity index (χ0v) is 22.9. The Bertz CT molecular complexity index is 1410. The summed E-state index contributed by atoms with van der Waals surface area (Å²) in [5.74, 6) is 0.643. The van der Waals surface area contributed by atoms with Crippen LogP contribution in [0, 0.1) is 0 Å². The van der Waals surface area contributed by atoms with Crippen molar-refractivity contribution < 1.29 is 25.7 Å². The summed E-state index contributed by atoms with van der Waals surface area (Å²) in [6.45, 7) is 5.42. The normalized spacial score (nSPS) is 13.7. The number of ether oxygens (including phenoxy) is 1. The molecule has 37 heavy (non-hydrogen) atoms. The van der Waals surface area contributed by atoms with E-state index >= 15 is 0 Å². The number of nitrogens with zero attached hydrogens (tertiary/aromatic N) is 4. The first kappa shape index (κ1) is 27.1. The SMILES string of the molecule is COc1cc2c(cc1Nc1ncc(Cl)c(Nc3ccc(OS(=O)(=O)F)nc3OP(C)C)n1)CN(C)CC2. The van der Waals surface area contributed by atoms with Gasteiger partial charge in [-0.2, -0.15) is 18.4 Å². The lowest BCUT2D eigenvalue weighted by Gasteiger charge is -2.26. The minimum Gasteiger partial charge on any atom is -0.495 e. The van der Waals surface area contributed by atoms with Gasteiger partial charge in [-0.25, -0.2) is 4.98 Å². The van der Waals surface area contributed by atoms with Crippen molar-refractivity contribution in [2.75, 3.05) is 44.7 Å². The summed E-state index contributed by atoms with van der Waals surface area (Å²) in [5.41, 5.74) is 3.43. The Morgan fingerprint density at radius 1 is 1.14 bits per heavy atom. The van der Waals surface area contributed by atoms with Crippen molar-refractivity contribution >= 4 is 53.4 Å². The quantitative estimate of drug-likeness (QED) is 0.276. The summed E-state index contributed by atoms with van der Waals surface area (Å²) in [5, 5.41) is 6.40. The van der Waals surface area contributed by atoms with Gasteiger partial charge in [0.05, 0.1) is 27.1 Å². The van der Waals surface area contributed by atoms with Gasteiger partial charge < -0.3 is 29.0 Å². The van der Waals surface area contributed by atoms with Gasteiger partial charge in [-0.05, 0) is 56.1 Å². The summed E-state index contributed by atoms with van der Waals surface area (Å²) in [6.07, 6.45) is 2.36. The fourth-order valence-corrected chi connectivity index (χ4v) is 4.59. The lowest BCUT2D eigenvalue weighted by molar-refractivity contribution is 0.312. The van der Waals surface area contributed by atoms with Gasteiger partial charge in [-0.1, -0.05) is 15.5 Å². The molecule has 3 aromatic rings. The van der Waals surface area contributed by atoms with Crippen LogP contribution in [0.5, 0.6) is 17.5 Å². The third-order valence-corrected chi connectivity index (χ3v) is 6.44. The molecule has 0 unspecified atom stereocenters. The van der Waals surface area contributed by atoms with Gasteiger partial charge in [0, 0.05) is 19.2 Å². The first-order valence-electron chi connectivity index (χ1n) is 11.0. The molecular weight excluding hydrogens is 546 g/mol. The predicted octanol–water partition coefficient (Wildman–Crippen LogP) is 4.64. The number of nitrogens with one attached hydrogen (secondary N) is 2. The number of aromatic nitrogens is 3. The third kappa shape index (κ3) is 7.07. The van der Waals surface area contributed by atoms with Gasteiger partial charge in [0.1, 0.15) is 16.5 Å². The van der Waals surface area contributed by atoms with Crippen molar-refractivity contribution in [3.8, 4) is 17.5 Å². The van der Waals surface area contributed by atoms with E-state index in [9.17, 15) is 12.3 Å². The lowest BCUT2D eigenvalue weighted by Crippen LogP contribution is -2.26. The molecule has 15 heteroatoms. The molecule has 11 nitrogen and oxygen atoms in total. The lowest BCUT2D eigenvalue weighted by atomic mass is 9.99. The van der Waals surface area contributed by atoms with Crippen molar-refractivity contribution in [3.05, 3.63) is 46.6 Å². The van der Waals surface area contributed by atoms with E-state index in [2.05, 4.69) is 41.7 Å². The molecule has 1 aromatic carbocycles. The van der Waals surface area contributed by atoms with Crippen LogP contribution < -0.4 is 24.1 Å². The summed E-state index contributed by atoms with van der Waals surface area (Å²) >= 11 is 6.34. The van der Waals surface area contributed by atoms with Gasteiger partial charge in [0.25, 0.3) is 0 Å². The van der Waals surface area contributed by atoms with E-state index < -0.39 is 24.5 Å². The molecule has 2 aromatic heterocycles. The molecule has 0 spiro atoms. The van der Waals surface area contributed by atoms with Crippen molar-refractivity contribution in [1.29, 1.82) is 0 Å². The maximum Gasteiger partial charge on any atom is 0.490 e. The molecule has 0 amide bonds. The maximum absolute atomic E-state index is 13.0. The summed E-state index contributed by atoms with van der Waals surface area (Å²) in [6, 6.07) is 6.62. The standard InChI is InChI=1S/C22H25ClFN6O5PS/c1-30-8-7-13-10-18(33-2)17(9-14(13)12-30)27-22-25-11-15(23)20(29-22)26-16-5-6-19(35-37(24,31)32)28-21(16)34-36(3)4/h5-6,9-11H,7-8,12H2,1-4H3,(H2,25,26,27,29). The predicted molar refractivity (Wildman–Crippen MR) is 141 cm³/mol. The van der Waals surface area contributed by atoms with Crippen molar-refractivity contribution in [3.63, 3.8) is 0 Å². The Labute approximate surface area is 220 Å². The molecule has 0 saturated heterocycles. The van der Waals surface area contributed by atoms with Crippen LogP contribution in [-0.2, 0) is 23.5 Å². The monoisotopic (exact) mass is 570 g/mol. The second kappa shape index (κ2) is 11.2. The summed E-state index contributed by atoms with van der Waals surface area (Å²) < 4.78 is 50.2. The molecule has 0 atom stereocenters. The highest BCUT2D eigenvalue weighted by atomic mass is 35.5. The highest BCUT2D eigenvalue weighted by Gasteiger charge is 2.19. The van der Waals surface area contributed by atoms with E-state index in [1.54, 1.807) is 7.11 Å². The first-order valence-corrected chi connectivity index (χ1v) is 14.8. The number of fused-ring (bicyclic) bond motifs is 1. The number of hydrogen-bond acceptors (Lipinski definition) is 11. The molecule has 0 fully saturated rings. The van der Waals surface area contributed by atoms with E-state index in [1.165, 1.54) is 29.5 Å². The minimum atomic E-state index is -5.25. The highest BCUT2D eigenvalue weighted by molar-refractivity contribution is 7.81. The molecule has 0 radical (unpaired) electrons. The fraction of sp³-hybridized carbons (Fsp3) is 0.318. The minimum absolute atomic E-state index is 0.0121. The molecule has 0 aliphatic carbocycles. The van der Waals surface area contributed by atoms with Gasteiger partial charge >= 0.3 is 10.5 Å². The van der Waals surface area contributed by atoms with Gasteiger partial charge in [0.2, 0.25) is 17.7 Å². The number of methoxy groups -OCH3 is 1. The molecule has 3 heterocycles. The second-order valence-electron chi connectivity index (χ2n) is 8.33. The largest absolute Gasteiger partial charge is 0.495 e. The zero-order valence-electron chi connectivity index (χ0n) is 20.4. The van der Waals surface area contributed by atoms with Crippen LogP contribution in [0.25, 0.3) is 0 Å². The van der Waals surface area contributed by atoms with Gasteiger partial charge in [0.15, 0.2) is 5.82 Å². The van der Waals surface area contributed by atoms with Gasteiger partial charge in [-0.3, -0.25) is 0 Å². The molecule has 2 N–H and O–H groups in total. The maximum atomic E-state index is 13.0. The van der Waals surface area contributed by atoms with Crippen LogP contribution in [-0.4, -0.2) is 62.3 Å². The van der Waals surface area contributed by atoms with E-state index in [0.29, 0.717) is 17.1 Å². The molecule has 1 aliphatic rings. The fourth-order valence-electron chi connectivity index (χ4n) is 3.67. The van der Waals surface area contributed by atoms with Crippen LogP contribution in [0.3, 0.4) is 0 Å². The van der Waals surface area contributed by atoms with Crippen LogP contribution in [0.15, 0.2) is 30.5 Å².